The zero-order chi connectivity index (χ0) is 8.85. The third kappa shape index (κ3) is 4.60. The molecule has 0 aromatic carbocycles. The maximum absolute atomic E-state index is 3.91. The lowest BCUT2D eigenvalue weighted by molar-refractivity contribution is 1.11. The molecule has 0 bridgehead atoms. The van der Waals surface area contributed by atoms with Crippen LogP contribution in [0.4, 0.5) is 0 Å². The van der Waals surface area contributed by atoms with Crippen LogP contribution in [0.1, 0.15) is 34.1 Å². The topological polar surface area (TPSA) is 0 Å². The highest BCUT2D eigenvalue weighted by Gasteiger charge is 1.90. The van der Waals surface area contributed by atoms with E-state index < -0.39 is 0 Å². The third-order valence-electron chi connectivity index (χ3n) is 1.55. The molecule has 0 saturated heterocycles. The molecule has 0 aromatic rings. The molecular formula is C11H18. The molecule has 0 aliphatic carbocycles. The van der Waals surface area contributed by atoms with Gasteiger partial charge in [-0.05, 0) is 32.8 Å². The van der Waals surface area contributed by atoms with Crippen molar-refractivity contribution >= 4 is 0 Å². The molecule has 0 aliphatic heterocycles. The van der Waals surface area contributed by atoms with Crippen molar-refractivity contribution in [2.75, 3.05) is 0 Å². The van der Waals surface area contributed by atoms with Crippen molar-refractivity contribution in [2.45, 2.75) is 34.1 Å². The molecule has 0 amide bonds. The van der Waals surface area contributed by atoms with E-state index in [4.69, 9.17) is 0 Å². The van der Waals surface area contributed by atoms with Crippen molar-refractivity contribution in [1.82, 2.24) is 0 Å². The summed E-state index contributed by atoms with van der Waals surface area (Å²) in [5.74, 6) is 0. The average molecular weight is 150 g/mol. The van der Waals surface area contributed by atoms with Gasteiger partial charge in [0.25, 0.3) is 0 Å². The van der Waals surface area contributed by atoms with Crippen molar-refractivity contribution in [2.24, 2.45) is 0 Å². The van der Waals surface area contributed by atoms with Crippen molar-refractivity contribution in [1.29, 1.82) is 0 Å². The Bertz CT molecular complexity index is 188. The minimum atomic E-state index is 1.07. The van der Waals surface area contributed by atoms with Crippen LogP contribution < -0.4 is 0 Å². The minimum absolute atomic E-state index is 1.07. The lowest BCUT2D eigenvalue weighted by atomic mass is 10.1. The number of hydrogen-bond donors (Lipinski definition) is 0. The highest BCUT2D eigenvalue weighted by atomic mass is 14.0. The van der Waals surface area contributed by atoms with E-state index in [1.54, 1.807) is 0 Å². The Morgan fingerprint density at radius 1 is 1.18 bits per heavy atom. The van der Waals surface area contributed by atoms with E-state index in [0.717, 1.165) is 6.42 Å². The SMILES string of the molecule is C=C(C)/C(=C\C=C(C)C)CC. The monoisotopic (exact) mass is 150 g/mol. The molecule has 0 atom stereocenters. The molecule has 0 spiro atoms. The Morgan fingerprint density at radius 2 is 1.73 bits per heavy atom. The number of hydrogen-bond acceptors (Lipinski definition) is 0. The van der Waals surface area contributed by atoms with Crippen molar-refractivity contribution in [3.05, 3.63) is 35.5 Å². The van der Waals surface area contributed by atoms with E-state index in [1.807, 2.05) is 6.92 Å². The summed E-state index contributed by atoms with van der Waals surface area (Å²) < 4.78 is 0. The van der Waals surface area contributed by atoms with Crippen LogP contribution >= 0.6 is 0 Å². The number of rotatable bonds is 3. The van der Waals surface area contributed by atoms with E-state index >= 15 is 0 Å². The summed E-state index contributed by atoms with van der Waals surface area (Å²) in [6.07, 6.45) is 5.35. The first-order chi connectivity index (χ1) is 5.07. The van der Waals surface area contributed by atoms with Gasteiger partial charge in [0.2, 0.25) is 0 Å². The Morgan fingerprint density at radius 3 is 2.00 bits per heavy atom. The predicted octanol–water partition coefficient (Wildman–Crippen LogP) is 3.87. The molecule has 0 nitrogen and oxygen atoms in total. The van der Waals surface area contributed by atoms with Gasteiger partial charge in [-0.1, -0.05) is 36.8 Å². The molecule has 0 radical (unpaired) electrons. The van der Waals surface area contributed by atoms with Crippen LogP contribution in [0.15, 0.2) is 35.5 Å². The fourth-order valence-electron chi connectivity index (χ4n) is 0.829. The van der Waals surface area contributed by atoms with Gasteiger partial charge in [0, 0.05) is 0 Å². The van der Waals surface area contributed by atoms with E-state index in [1.165, 1.54) is 16.7 Å². The zero-order valence-electron chi connectivity index (χ0n) is 8.07. The summed E-state index contributed by atoms with van der Waals surface area (Å²) >= 11 is 0. The molecule has 62 valence electrons. The molecule has 0 heteroatoms. The second-order valence-corrected chi connectivity index (χ2v) is 3.07. The van der Waals surface area contributed by atoms with Crippen LogP contribution in [0.5, 0.6) is 0 Å². The van der Waals surface area contributed by atoms with Crippen molar-refractivity contribution in [3.8, 4) is 0 Å². The van der Waals surface area contributed by atoms with Gasteiger partial charge in [0.15, 0.2) is 0 Å². The van der Waals surface area contributed by atoms with Crippen LogP contribution in [0.3, 0.4) is 0 Å². The van der Waals surface area contributed by atoms with Gasteiger partial charge in [0.05, 0.1) is 0 Å². The summed E-state index contributed by atoms with van der Waals surface area (Å²) in [6, 6.07) is 0. The molecule has 11 heavy (non-hydrogen) atoms. The molecular weight excluding hydrogens is 132 g/mol. The van der Waals surface area contributed by atoms with Gasteiger partial charge in [-0.15, -0.1) is 0 Å². The first kappa shape index (κ1) is 10.2. The average Bonchev–Trinajstić information content (AvgIpc) is 1.87. The van der Waals surface area contributed by atoms with Gasteiger partial charge in [-0.3, -0.25) is 0 Å². The van der Waals surface area contributed by atoms with Crippen LogP contribution in [0.25, 0.3) is 0 Å². The third-order valence-corrected chi connectivity index (χ3v) is 1.55. The van der Waals surface area contributed by atoms with E-state index in [9.17, 15) is 0 Å². The highest BCUT2D eigenvalue weighted by Crippen LogP contribution is 2.11. The summed E-state index contributed by atoms with van der Waals surface area (Å²) in [4.78, 5) is 0. The lowest BCUT2D eigenvalue weighted by Gasteiger charge is -2.00. The van der Waals surface area contributed by atoms with E-state index in [-0.39, 0.29) is 0 Å². The lowest BCUT2D eigenvalue weighted by Crippen LogP contribution is -1.80. The first-order valence-corrected chi connectivity index (χ1v) is 4.07. The molecule has 0 aliphatic rings. The largest absolute Gasteiger partial charge is 0.0958 e. The Hall–Kier alpha value is -0.780. The maximum Gasteiger partial charge on any atom is -0.0305 e. The van der Waals surface area contributed by atoms with E-state index in [2.05, 4.69) is 39.5 Å². The van der Waals surface area contributed by atoms with Crippen molar-refractivity contribution in [3.63, 3.8) is 0 Å². The standard InChI is InChI=1S/C11H18/c1-6-11(10(4)5)8-7-9(2)3/h7-8H,4,6H2,1-3,5H3/b11-8-. The maximum atomic E-state index is 3.91. The first-order valence-electron chi connectivity index (χ1n) is 4.07. The molecule has 0 saturated carbocycles. The predicted molar refractivity (Wildman–Crippen MR) is 52.6 cm³/mol. The molecule has 0 N–H and O–H groups in total. The Kier molecular flexibility index (Phi) is 4.60. The fraction of sp³-hybridized carbons (Fsp3) is 0.455. The molecule has 0 fully saturated rings. The van der Waals surface area contributed by atoms with Crippen LogP contribution in [0, 0.1) is 0 Å². The Balaban J connectivity index is 4.37. The van der Waals surface area contributed by atoms with Crippen LogP contribution in [-0.4, -0.2) is 0 Å². The van der Waals surface area contributed by atoms with Gasteiger partial charge in [-0.2, -0.15) is 0 Å². The van der Waals surface area contributed by atoms with Gasteiger partial charge in [0.1, 0.15) is 0 Å². The summed E-state index contributed by atoms with van der Waals surface area (Å²) in [6.45, 7) is 12.3. The Labute approximate surface area is 70.3 Å². The molecule has 0 rings (SSSR count). The van der Waals surface area contributed by atoms with Gasteiger partial charge < -0.3 is 0 Å². The van der Waals surface area contributed by atoms with Crippen LogP contribution in [-0.2, 0) is 0 Å². The van der Waals surface area contributed by atoms with E-state index in [0.29, 0.717) is 0 Å². The highest BCUT2D eigenvalue weighted by molar-refractivity contribution is 5.30. The van der Waals surface area contributed by atoms with Crippen molar-refractivity contribution < 1.29 is 0 Å². The van der Waals surface area contributed by atoms with Gasteiger partial charge in [-0.25, -0.2) is 0 Å². The van der Waals surface area contributed by atoms with Gasteiger partial charge >= 0.3 is 0 Å². The second-order valence-electron chi connectivity index (χ2n) is 3.07. The van der Waals surface area contributed by atoms with Crippen LogP contribution in [0.2, 0.25) is 0 Å². The molecule has 0 unspecified atom stereocenters. The normalized spacial score (nSPS) is 11.1. The second kappa shape index (κ2) is 4.95. The quantitative estimate of drug-likeness (QED) is 0.536. The number of allylic oxidation sites excluding steroid dienone is 5. The minimum Gasteiger partial charge on any atom is -0.0958 e. The smallest absolute Gasteiger partial charge is 0.0305 e. The molecule has 0 heterocycles. The summed E-state index contributed by atoms with van der Waals surface area (Å²) in [5.41, 5.74) is 3.84. The zero-order valence-corrected chi connectivity index (χ0v) is 8.07. The summed E-state index contributed by atoms with van der Waals surface area (Å²) in [7, 11) is 0. The summed E-state index contributed by atoms with van der Waals surface area (Å²) in [5, 5.41) is 0. The molecule has 0 aromatic heterocycles. The fourth-order valence-corrected chi connectivity index (χ4v) is 0.829.